The van der Waals surface area contributed by atoms with Crippen LogP contribution in [-0.4, -0.2) is 39.5 Å². The molecule has 2 rings (SSSR count). The van der Waals surface area contributed by atoms with Crippen molar-refractivity contribution in [2.45, 2.75) is 31.8 Å². The summed E-state index contributed by atoms with van der Waals surface area (Å²) in [5, 5.41) is 4.20. The van der Waals surface area contributed by atoms with Gasteiger partial charge in [-0.05, 0) is 56.2 Å². The first-order valence-electron chi connectivity index (χ1n) is 8.97. The molecule has 0 heterocycles. The van der Waals surface area contributed by atoms with Crippen LogP contribution < -0.4 is 15.4 Å². The Morgan fingerprint density at radius 3 is 2.37 bits per heavy atom. The maximum absolute atomic E-state index is 12.8. The quantitative estimate of drug-likeness (QED) is 0.598. The van der Waals surface area contributed by atoms with E-state index in [1.165, 1.54) is 32.2 Å². The van der Waals surface area contributed by atoms with Gasteiger partial charge in [0.1, 0.15) is 0 Å². The predicted molar refractivity (Wildman–Crippen MR) is 111 cm³/mol. The van der Waals surface area contributed by atoms with Gasteiger partial charge in [0.2, 0.25) is 0 Å². The van der Waals surface area contributed by atoms with Gasteiger partial charge in [-0.25, -0.2) is 18.0 Å². The van der Waals surface area contributed by atoms with Crippen molar-refractivity contribution in [3.8, 4) is 0 Å². The molecule has 0 fully saturated rings. The molecule has 9 nitrogen and oxygen atoms in total. The monoisotopic (exact) mass is 433 g/mol. The number of hydrogen-bond donors (Lipinski definition) is 3. The molecule has 160 valence electrons. The second-order valence-electron chi connectivity index (χ2n) is 6.57. The molecule has 0 aliphatic rings. The largest absolute Gasteiger partial charge is 0.449 e. The van der Waals surface area contributed by atoms with Gasteiger partial charge in [-0.1, -0.05) is 18.2 Å². The fourth-order valence-corrected chi connectivity index (χ4v) is 3.81. The molecular formula is C20H23N3O6S. The maximum Gasteiger partial charge on any atom is 0.338 e. The third-order valence-corrected chi connectivity index (χ3v) is 5.62. The van der Waals surface area contributed by atoms with Gasteiger partial charge in [0, 0.05) is 12.7 Å². The van der Waals surface area contributed by atoms with Crippen LogP contribution >= 0.6 is 0 Å². The van der Waals surface area contributed by atoms with Crippen molar-refractivity contribution in [3.63, 3.8) is 0 Å². The number of sulfonamides is 1. The molecule has 3 amide bonds. The lowest BCUT2D eigenvalue weighted by atomic mass is 10.1. The summed E-state index contributed by atoms with van der Waals surface area (Å²) in [6.07, 6.45) is -1.26. The number of carbonyl (C=O) groups excluding carboxylic acids is 3. The summed E-state index contributed by atoms with van der Waals surface area (Å²) < 4.78 is 33.2. The van der Waals surface area contributed by atoms with E-state index in [0.29, 0.717) is 11.3 Å². The number of esters is 1. The van der Waals surface area contributed by atoms with Crippen molar-refractivity contribution in [2.24, 2.45) is 0 Å². The number of benzene rings is 2. The van der Waals surface area contributed by atoms with Crippen LogP contribution in [0.3, 0.4) is 0 Å². The van der Waals surface area contributed by atoms with Crippen LogP contribution in [0.5, 0.6) is 0 Å². The average molecular weight is 433 g/mol. The number of rotatable bonds is 6. The smallest absolute Gasteiger partial charge is 0.338 e. The van der Waals surface area contributed by atoms with Crippen LogP contribution in [0.2, 0.25) is 0 Å². The van der Waals surface area contributed by atoms with Gasteiger partial charge >= 0.3 is 12.0 Å². The Morgan fingerprint density at radius 2 is 1.73 bits per heavy atom. The van der Waals surface area contributed by atoms with E-state index in [4.69, 9.17) is 4.74 Å². The minimum Gasteiger partial charge on any atom is -0.449 e. The van der Waals surface area contributed by atoms with E-state index in [1.807, 2.05) is 18.3 Å². The van der Waals surface area contributed by atoms with E-state index in [9.17, 15) is 22.8 Å². The van der Waals surface area contributed by atoms with Crippen molar-refractivity contribution in [3.05, 3.63) is 59.2 Å². The number of anilines is 1. The zero-order valence-corrected chi connectivity index (χ0v) is 17.8. The molecule has 0 spiro atoms. The summed E-state index contributed by atoms with van der Waals surface area (Å²) in [4.78, 5) is 35.3. The summed E-state index contributed by atoms with van der Waals surface area (Å²) in [6, 6.07) is 10.2. The molecule has 1 atom stereocenters. The predicted octanol–water partition coefficient (Wildman–Crippen LogP) is 2.11. The average Bonchev–Trinajstić information content (AvgIpc) is 2.67. The number of nitrogens with one attached hydrogen (secondary N) is 3. The summed E-state index contributed by atoms with van der Waals surface area (Å²) in [7, 11) is -2.64. The Morgan fingerprint density at radius 1 is 1.03 bits per heavy atom. The van der Waals surface area contributed by atoms with E-state index < -0.39 is 34.0 Å². The van der Waals surface area contributed by atoms with E-state index in [2.05, 4.69) is 10.0 Å². The van der Waals surface area contributed by atoms with E-state index in [-0.39, 0.29) is 10.5 Å². The van der Waals surface area contributed by atoms with E-state index >= 15 is 0 Å². The number of amides is 3. The van der Waals surface area contributed by atoms with Crippen LogP contribution in [-0.2, 0) is 19.6 Å². The lowest BCUT2D eigenvalue weighted by Gasteiger charge is -2.14. The second kappa shape index (κ2) is 9.40. The molecule has 2 aromatic rings. The summed E-state index contributed by atoms with van der Waals surface area (Å²) >= 11 is 0. The lowest BCUT2D eigenvalue weighted by molar-refractivity contribution is -0.127. The molecule has 10 heteroatoms. The Balaban J connectivity index is 2.22. The Hall–Kier alpha value is -3.40. The van der Waals surface area contributed by atoms with Gasteiger partial charge in [-0.2, -0.15) is 0 Å². The number of aryl methyl sites for hydroxylation is 2. The highest BCUT2D eigenvalue weighted by atomic mass is 32.2. The van der Waals surface area contributed by atoms with Crippen molar-refractivity contribution in [1.29, 1.82) is 0 Å². The van der Waals surface area contributed by atoms with Crippen LogP contribution in [0.25, 0.3) is 0 Å². The van der Waals surface area contributed by atoms with Gasteiger partial charge in [-0.3, -0.25) is 14.8 Å². The van der Waals surface area contributed by atoms with Crippen LogP contribution in [0.4, 0.5) is 10.5 Å². The van der Waals surface area contributed by atoms with E-state index in [0.717, 1.165) is 5.56 Å². The van der Waals surface area contributed by atoms with Crippen LogP contribution in [0.15, 0.2) is 47.4 Å². The first kappa shape index (κ1) is 22.9. The fourth-order valence-electron chi connectivity index (χ4n) is 2.49. The SMILES string of the molecule is CNC(=O)NC(=O)C(C)OC(=O)c1ccc(C)c(S(=O)(=O)Nc2cccc(C)c2)c1. The summed E-state index contributed by atoms with van der Waals surface area (Å²) in [5.41, 5.74) is 1.65. The normalized spacial score (nSPS) is 11.9. The van der Waals surface area contributed by atoms with Crippen LogP contribution in [0, 0.1) is 13.8 Å². The number of ether oxygens (including phenoxy) is 1. The first-order chi connectivity index (χ1) is 14.0. The molecule has 0 aliphatic carbocycles. The third-order valence-electron chi connectivity index (χ3n) is 4.10. The molecule has 0 saturated carbocycles. The summed E-state index contributed by atoms with van der Waals surface area (Å²) in [5.74, 6) is -1.72. The first-order valence-corrected chi connectivity index (χ1v) is 10.5. The molecule has 0 aromatic heterocycles. The van der Waals surface area contributed by atoms with Crippen molar-refractivity contribution in [1.82, 2.24) is 10.6 Å². The summed E-state index contributed by atoms with van der Waals surface area (Å²) in [6.45, 7) is 4.72. The number of hydrogen-bond acceptors (Lipinski definition) is 6. The molecule has 2 aromatic carbocycles. The van der Waals surface area contributed by atoms with E-state index in [1.54, 1.807) is 25.1 Å². The Bertz CT molecular complexity index is 1080. The number of urea groups is 1. The third kappa shape index (κ3) is 5.80. The highest BCUT2D eigenvalue weighted by Crippen LogP contribution is 2.22. The molecule has 3 N–H and O–H groups in total. The molecule has 0 radical (unpaired) electrons. The molecular weight excluding hydrogens is 410 g/mol. The zero-order chi connectivity index (χ0) is 22.5. The number of carbonyl (C=O) groups is 3. The van der Waals surface area contributed by atoms with Crippen molar-refractivity contribution in [2.75, 3.05) is 11.8 Å². The standard InChI is InChI=1S/C20H23N3O6S/c1-12-6-5-7-16(10-12)23-30(27,28)17-11-15(9-8-13(17)2)19(25)29-14(3)18(24)22-20(26)21-4/h5-11,14,23H,1-4H3,(H2,21,22,24,26). The van der Waals surface area contributed by atoms with Gasteiger partial charge in [0.05, 0.1) is 10.5 Å². The van der Waals surface area contributed by atoms with Gasteiger partial charge in [0.25, 0.3) is 15.9 Å². The Kier molecular flexibility index (Phi) is 7.17. The molecule has 0 aliphatic heterocycles. The van der Waals surface area contributed by atoms with Crippen molar-refractivity contribution >= 4 is 33.6 Å². The fraction of sp³-hybridized carbons (Fsp3) is 0.250. The lowest BCUT2D eigenvalue weighted by Crippen LogP contribution is -2.43. The minimum atomic E-state index is -3.97. The van der Waals surface area contributed by atoms with Crippen molar-refractivity contribution < 1.29 is 27.5 Å². The molecule has 0 bridgehead atoms. The van der Waals surface area contributed by atoms with Gasteiger partial charge in [0.15, 0.2) is 6.10 Å². The second-order valence-corrected chi connectivity index (χ2v) is 8.22. The molecule has 30 heavy (non-hydrogen) atoms. The topological polar surface area (TPSA) is 131 Å². The zero-order valence-electron chi connectivity index (χ0n) is 17.0. The molecule has 1 unspecified atom stereocenters. The highest BCUT2D eigenvalue weighted by Gasteiger charge is 2.23. The minimum absolute atomic E-state index is 0.0511. The number of imide groups is 1. The molecule has 0 saturated heterocycles. The highest BCUT2D eigenvalue weighted by molar-refractivity contribution is 7.92. The maximum atomic E-state index is 12.8. The van der Waals surface area contributed by atoms with Crippen LogP contribution in [0.1, 0.15) is 28.4 Å². The van der Waals surface area contributed by atoms with Gasteiger partial charge < -0.3 is 10.1 Å². The van der Waals surface area contributed by atoms with Gasteiger partial charge in [-0.15, -0.1) is 0 Å². The Labute approximate surface area is 174 Å².